The summed E-state index contributed by atoms with van der Waals surface area (Å²) in [5.41, 5.74) is 0.142. The Morgan fingerprint density at radius 3 is 2.48 bits per heavy atom. The van der Waals surface area contributed by atoms with Crippen LogP contribution >= 0.6 is 0 Å². The number of ketones is 1. The Balaban J connectivity index is 2.45. The first-order valence-electron chi connectivity index (χ1n) is 8.40. The number of carbonyl (C=O) groups is 2. The summed E-state index contributed by atoms with van der Waals surface area (Å²) in [4.78, 5) is 26.4. The number of hydrogen-bond donors (Lipinski definition) is 1. The first kappa shape index (κ1) is 19.1. The third kappa shape index (κ3) is 3.90. The van der Waals surface area contributed by atoms with Crippen LogP contribution in [0.3, 0.4) is 0 Å². The molecule has 6 heteroatoms. The van der Waals surface area contributed by atoms with Gasteiger partial charge in [0.2, 0.25) is 0 Å². The van der Waals surface area contributed by atoms with Gasteiger partial charge in [0, 0.05) is 18.0 Å². The highest BCUT2D eigenvalue weighted by molar-refractivity contribution is 6.09. The smallest absolute Gasteiger partial charge is 0.290 e. The molecule has 0 aliphatic carbocycles. The van der Waals surface area contributed by atoms with E-state index in [2.05, 4.69) is 0 Å². The number of Topliss-reactive ketones (excluding diaryl/α,β-unsaturated/α-hetero) is 1. The molecule has 1 amide bonds. The van der Waals surface area contributed by atoms with Gasteiger partial charge in [-0.2, -0.15) is 0 Å². The van der Waals surface area contributed by atoms with Gasteiger partial charge in [-0.25, -0.2) is 4.39 Å². The molecular formula is C19H24FNO4. The fraction of sp³-hybridized carbons (Fsp3) is 0.474. The third-order valence-corrected chi connectivity index (χ3v) is 4.08. The van der Waals surface area contributed by atoms with Crippen LogP contribution in [0.15, 0.2) is 35.6 Å². The molecule has 1 aromatic carbocycles. The number of rotatable bonds is 7. The molecule has 1 atom stereocenters. The summed E-state index contributed by atoms with van der Waals surface area (Å²) < 4.78 is 19.8. The molecule has 25 heavy (non-hydrogen) atoms. The van der Waals surface area contributed by atoms with Crippen molar-refractivity contribution < 1.29 is 23.8 Å². The van der Waals surface area contributed by atoms with Gasteiger partial charge in [-0.1, -0.05) is 32.0 Å². The van der Waals surface area contributed by atoms with E-state index in [1.54, 1.807) is 19.9 Å². The molecule has 1 aromatic rings. The van der Waals surface area contributed by atoms with Crippen LogP contribution in [0.4, 0.5) is 4.39 Å². The van der Waals surface area contributed by atoms with Crippen molar-refractivity contribution in [1.82, 2.24) is 4.90 Å². The average Bonchev–Trinajstić information content (AvgIpc) is 2.79. The highest BCUT2D eigenvalue weighted by atomic mass is 19.1. The average molecular weight is 349 g/mol. The number of carbonyl (C=O) groups excluding carboxylic acids is 2. The van der Waals surface area contributed by atoms with Crippen molar-refractivity contribution >= 4 is 11.7 Å². The fourth-order valence-electron chi connectivity index (χ4n) is 2.85. The predicted molar refractivity (Wildman–Crippen MR) is 91.4 cm³/mol. The van der Waals surface area contributed by atoms with Gasteiger partial charge in [0.1, 0.15) is 5.82 Å². The van der Waals surface area contributed by atoms with Gasteiger partial charge in [0.25, 0.3) is 5.91 Å². The maximum Gasteiger partial charge on any atom is 0.290 e. The van der Waals surface area contributed by atoms with Gasteiger partial charge < -0.3 is 14.7 Å². The van der Waals surface area contributed by atoms with Crippen LogP contribution < -0.4 is 0 Å². The monoisotopic (exact) mass is 349 g/mol. The normalized spacial score (nSPS) is 18.0. The first-order valence-corrected chi connectivity index (χ1v) is 8.40. The Kier molecular flexibility index (Phi) is 5.95. The molecule has 0 radical (unpaired) electrons. The van der Waals surface area contributed by atoms with Crippen molar-refractivity contribution in [3.63, 3.8) is 0 Å². The molecule has 1 aliphatic rings. The molecule has 1 unspecified atom stereocenters. The molecule has 0 fully saturated rings. The molecule has 1 aliphatic heterocycles. The number of benzene rings is 1. The van der Waals surface area contributed by atoms with Crippen LogP contribution in [-0.4, -0.2) is 41.0 Å². The standard InChI is InChI=1S/C19H24FNO4/c1-11(2)17(22)15-16(13-7-5-6-8-14(13)20)21(19(24)18(15)23)9-10-25-12(3)4/h5-8,11-12,16,23H,9-10H2,1-4H3. The number of nitrogens with zero attached hydrogens (tertiary/aromatic N) is 1. The molecule has 2 rings (SSSR count). The van der Waals surface area contributed by atoms with E-state index in [1.165, 1.54) is 23.1 Å². The van der Waals surface area contributed by atoms with E-state index < -0.39 is 29.4 Å². The van der Waals surface area contributed by atoms with Gasteiger partial charge in [-0.3, -0.25) is 9.59 Å². The highest BCUT2D eigenvalue weighted by Gasteiger charge is 2.44. The van der Waals surface area contributed by atoms with E-state index in [1.807, 2.05) is 13.8 Å². The highest BCUT2D eigenvalue weighted by Crippen LogP contribution is 2.39. The Labute approximate surface area is 147 Å². The van der Waals surface area contributed by atoms with Crippen molar-refractivity contribution in [2.24, 2.45) is 5.92 Å². The van der Waals surface area contributed by atoms with E-state index in [0.29, 0.717) is 0 Å². The van der Waals surface area contributed by atoms with E-state index in [-0.39, 0.29) is 36.2 Å². The van der Waals surface area contributed by atoms with Crippen LogP contribution in [0.2, 0.25) is 0 Å². The van der Waals surface area contributed by atoms with Crippen LogP contribution in [0.1, 0.15) is 39.3 Å². The Hall–Kier alpha value is -2.21. The number of aliphatic hydroxyl groups excluding tert-OH is 1. The lowest BCUT2D eigenvalue weighted by molar-refractivity contribution is -0.130. The topological polar surface area (TPSA) is 66.8 Å². The summed E-state index contributed by atoms with van der Waals surface area (Å²) in [6.07, 6.45) is -0.0251. The molecular weight excluding hydrogens is 325 g/mol. The fourth-order valence-corrected chi connectivity index (χ4v) is 2.85. The van der Waals surface area contributed by atoms with E-state index >= 15 is 0 Å². The summed E-state index contributed by atoms with van der Waals surface area (Å²) in [6.45, 7) is 7.46. The molecule has 0 spiro atoms. The van der Waals surface area contributed by atoms with Crippen molar-refractivity contribution in [2.45, 2.75) is 39.8 Å². The molecule has 1 heterocycles. The van der Waals surface area contributed by atoms with Gasteiger partial charge in [-0.05, 0) is 19.9 Å². The SMILES string of the molecule is CC(C)OCCN1C(=O)C(O)=C(C(=O)C(C)C)C1c1ccccc1F. The second-order valence-electron chi connectivity index (χ2n) is 6.62. The van der Waals surface area contributed by atoms with Crippen molar-refractivity contribution in [1.29, 1.82) is 0 Å². The van der Waals surface area contributed by atoms with Crippen LogP contribution in [-0.2, 0) is 14.3 Å². The zero-order valence-electron chi connectivity index (χ0n) is 15.0. The molecule has 0 saturated carbocycles. The Morgan fingerprint density at radius 2 is 1.92 bits per heavy atom. The van der Waals surface area contributed by atoms with Crippen molar-refractivity contribution in [3.8, 4) is 0 Å². The van der Waals surface area contributed by atoms with Gasteiger partial charge in [0.15, 0.2) is 11.5 Å². The van der Waals surface area contributed by atoms with E-state index in [9.17, 15) is 19.1 Å². The maximum atomic E-state index is 14.4. The van der Waals surface area contributed by atoms with Crippen LogP contribution in [0, 0.1) is 11.7 Å². The van der Waals surface area contributed by atoms with Crippen LogP contribution in [0.5, 0.6) is 0 Å². The minimum absolute atomic E-state index is 0.0251. The summed E-state index contributed by atoms with van der Waals surface area (Å²) in [5.74, 6) is -2.60. The number of halogens is 1. The number of hydrogen-bond acceptors (Lipinski definition) is 4. The maximum absolute atomic E-state index is 14.4. The molecule has 136 valence electrons. The van der Waals surface area contributed by atoms with E-state index in [4.69, 9.17) is 4.74 Å². The second kappa shape index (κ2) is 7.78. The lowest BCUT2D eigenvalue weighted by atomic mass is 9.91. The first-order chi connectivity index (χ1) is 11.8. The molecule has 0 bridgehead atoms. The van der Waals surface area contributed by atoms with Gasteiger partial charge in [-0.15, -0.1) is 0 Å². The minimum Gasteiger partial charge on any atom is -0.503 e. The van der Waals surface area contributed by atoms with Crippen molar-refractivity contribution in [2.75, 3.05) is 13.2 Å². The second-order valence-corrected chi connectivity index (χ2v) is 6.62. The van der Waals surface area contributed by atoms with Crippen LogP contribution in [0.25, 0.3) is 0 Å². The molecule has 5 nitrogen and oxygen atoms in total. The number of amides is 1. The summed E-state index contributed by atoms with van der Waals surface area (Å²) >= 11 is 0. The Morgan fingerprint density at radius 1 is 1.28 bits per heavy atom. The predicted octanol–water partition coefficient (Wildman–Crippen LogP) is 3.17. The zero-order chi connectivity index (χ0) is 18.7. The number of ether oxygens (including phenoxy) is 1. The summed E-state index contributed by atoms with van der Waals surface area (Å²) in [7, 11) is 0. The lowest BCUT2D eigenvalue weighted by Gasteiger charge is -2.27. The molecule has 0 aromatic heterocycles. The van der Waals surface area contributed by atoms with E-state index in [0.717, 1.165) is 0 Å². The summed E-state index contributed by atoms with van der Waals surface area (Å²) in [6, 6.07) is 5.03. The molecule has 1 N–H and O–H groups in total. The summed E-state index contributed by atoms with van der Waals surface area (Å²) in [5, 5.41) is 10.3. The molecule has 0 saturated heterocycles. The third-order valence-electron chi connectivity index (χ3n) is 4.08. The van der Waals surface area contributed by atoms with Gasteiger partial charge >= 0.3 is 0 Å². The van der Waals surface area contributed by atoms with Gasteiger partial charge in [0.05, 0.1) is 24.3 Å². The zero-order valence-corrected chi connectivity index (χ0v) is 15.0. The number of aliphatic hydroxyl groups is 1. The Bertz CT molecular complexity index is 696. The largest absolute Gasteiger partial charge is 0.503 e. The minimum atomic E-state index is -0.945. The lowest BCUT2D eigenvalue weighted by Crippen LogP contribution is -2.35. The quantitative estimate of drug-likeness (QED) is 0.821. The van der Waals surface area contributed by atoms with Crippen molar-refractivity contribution in [3.05, 3.63) is 47.0 Å².